The van der Waals surface area contributed by atoms with Gasteiger partial charge in [-0.2, -0.15) is 0 Å². The maximum absolute atomic E-state index is 5.67. The van der Waals surface area contributed by atoms with Gasteiger partial charge in [-0.25, -0.2) is 0 Å². The molecule has 2 aliphatic carbocycles. The van der Waals surface area contributed by atoms with E-state index in [9.17, 15) is 0 Å². The first-order chi connectivity index (χ1) is 13.2. The molecule has 3 nitrogen and oxygen atoms in total. The van der Waals surface area contributed by atoms with Crippen molar-refractivity contribution < 1.29 is 14.2 Å². The summed E-state index contributed by atoms with van der Waals surface area (Å²) in [7, 11) is 5.24. The highest BCUT2D eigenvalue weighted by Gasteiger charge is 2.31. The SMILES string of the molecule is COCc1cc(C2CCC(C3CCC(C)CC3)CC2)cc(COC)c1OC. The molecule has 0 saturated heterocycles. The van der Waals surface area contributed by atoms with E-state index in [1.165, 1.54) is 56.9 Å². The Labute approximate surface area is 165 Å². The molecule has 0 aromatic heterocycles. The highest BCUT2D eigenvalue weighted by Crippen LogP contribution is 2.44. The van der Waals surface area contributed by atoms with E-state index in [0.717, 1.165) is 34.6 Å². The largest absolute Gasteiger partial charge is 0.496 e. The van der Waals surface area contributed by atoms with Crippen LogP contribution in [0.25, 0.3) is 0 Å². The molecule has 0 atom stereocenters. The summed E-state index contributed by atoms with van der Waals surface area (Å²) < 4.78 is 16.5. The maximum atomic E-state index is 5.67. The monoisotopic (exact) mass is 374 g/mol. The zero-order chi connectivity index (χ0) is 19.2. The summed E-state index contributed by atoms with van der Waals surface area (Å²) in [5.41, 5.74) is 3.74. The van der Waals surface area contributed by atoms with E-state index in [4.69, 9.17) is 14.2 Å². The van der Waals surface area contributed by atoms with Gasteiger partial charge < -0.3 is 14.2 Å². The van der Waals surface area contributed by atoms with Crippen LogP contribution in [0, 0.1) is 17.8 Å². The van der Waals surface area contributed by atoms with Gasteiger partial charge in [0.2, 0.25) is 0 Å². The van der Waals surface area contributed by atoms with Gasteiger partial charge in [0.1, 0.15) is 5.75 Å². The second-order valence-electron chi connectivity index (χ2n) is 8.87. The smallest absolute Gasteiger partial charge is 0.129 e. The Kier molecular flexibility index (Phi) is 7.60. The summed E-state index contributed by atoms with van der Waals surface area (Å²) in [5.74, 6) is 4.50. The molecule has 0 heterocycles. The molecule has 2 fully saturated rings. The van der Waals surface area contributed by atoms with Crippen molar-refractivity contribution in [2.24, 2.45) is 17.8 Å². The minimum atomic E-state index is 0.587. The van der Waals surface area contributed by atoms with E-state index in [1.54, 1.807) is 21.3 Å². The molecular weight excluding hydrogens is 336 g/mol. The number of ether oxygens (including phenoxy) is 3. The molecule has 0 spiro atoms. The predicted octanol–water partition coefficient (Wildman–Crippen LogP) is 6.09. The fourth-order valence-corrected chi connectivity index (χ4v) is 5.49. The van der Waals surface area contributed by atoms with E-state index < -0.39 is 0 Å². The average molecular weight is 375 g/mol. The van der Waals surface area contributed by atoms with Crippen LogP contribution in [-0.4, -0.2) is 21.3 Å². The minimum Gasteiger partial charge on any atom is -0.496 e. The summed E-state index contributed by atoms with van der Waals surface area (Å²) in [4.78, 5) is 0. The Hall–Kier alpha value is -1.06. The van der Waals surface area contributed by atoms with Gasteiger partial charge in [0.15, 0.2) is 0 Å². The second-order valence-corrected chi connectivity index (χ2v) is 8.87. The van der Waals surface area contributed by atoms with Crippen LogP contribution in [0.1, 0.15) is 80.9 Å². The van der Waals surface area contributed by atoms with E-state index in [0.29, 0.717) is 19.1 Å². The molecule has 0 amide bonds. The van der Waals surface area contributed by atoms with Gasteiger partial charge in [0.05, 0.1) is 20.3 Å². The number of hydrogen-bond acceptors (Lipinski definition) is 3. The Bertz CT molecular complexity index is 554. The molecule has 0 N–H and O–H groups in total. The van der Waals surface area contributed by atoms with Crippen molar-refractivity contribution in [3.8, 4) is 5.75 Å². The van der Waals surface area contributed by atoms with Crippen molar-refractivity contribution in [3.05, 3.63) is 28.8 Å². The summed E-state index contributed by atoms with van der Waals surface area (Å²) in [6, 6.07) is 4.63. The van der Waals surface area contributed by atoms with Crippen molar-refractivity contribution >= 4 is 0 Å². The first-order valence-corrected chi connectivity index (χ1v) is 10.8. The fraction of sp³-hybridized carbons (Fsp3) is 0.750. The van der Waals surface area contributed by atoms with Gasteiger partial charge >= 0.3 is 0 Å². The highest BCUT2D eigenvalue weighted by molar-refractivity contribution is 5.45. The highest BCUT2D eigenvalue weighted by atomic mass is 16.5. The normalized spacial score (nSPS) is 28.9. The minimum absolute atomic E-state index is 0.587. The van der Waals surface area contributed by atoms with Crippen LogP contribution < -0.4 is 4.74 Å². The lowest BCUT2D eigenvalue weighted by atomic mass is 9.68. The Morgan fingerprint density at radius 2 is 1.22 bits per heavy atom. The molecule has 0 radical (unpaired) electrons. The standard InChI is InChI=1S/C24H38O3/c1-17-5-7-18(8-6-17)19-9-11-20(12-10-19)21-13-22(15-25-2)24(27-4)23(14-21)16-26-3/h13-14,17-20H,5-12,15-16H2,1-4H3. The Morgan fingerprint density at radius 1 is 0.741 bits per heavy atom. The molecule has 3 heteroatoms. The van der Waals surface area contributed by atoms with Crippen molar-refractivity contribution in [2.75, 3.05) is 21.3 Å². The molecule has 1 aromatic carbocycles. The van der Waals surface area contributed by atoms with E-state index in [-0.39, 0.29) is 0 Å². The molecule has 1 aromatic rings. The van der Waals surface area contributed by atoms with Gasteiger partial charge in [-0.15, -0.1) is 0 Å². The third-order valence-electron chi connectivity index (χ3n) is 7.04. The third-order valence-corrected chi connectivity index (χ3v) is 7.04. The van der Waals surface area contributed by atoms with Crippen molar-refractivity contribution in [1.29, 1.82) is 0 Å². The first kappa shape index (κ1) is 20.7. The zero-order valence-electron chi connectivity index (χ0n) is 17.8. The second kappa shape index (κ2) is 9.93. The van der Waals surface area contributed by atoms with Crippen LogP contribution in [0.2, 0.25) is 0 Å². The van der Waals surface area contributed by atoms with Gasteiger partial charge in [-0.1, -0.05) is 19.8 Å². The molecule has 0 bridgehead atoms. The van der Waals surface area contributed by atoms with Crippen molar-refractivity contribution in [1.82, 2.24) is 0 Å². The quantitative estimate of drug-likeness (QED) is 0.578. The summed E-state index contributed by atoms with van der Waals surface area (Å²) in [6.07, 6.45) is 11.3. The molecule has 3 rings (SSSR count). The topological polar surface area (TPSA) is 27.7 Å². The van der Waals surface area contributed by atoms with Crippen LogP contribution in [0.4, 0.5) is 0 Å². The van der Waals surface area contributed by atoms with Crippen LogP contribution in [-0.2, 0) is 22.7 Å². The lowest BCUT2D eigenvalue weighted by Gasteiger charge is -2.37. The maximum Gasteiger partial charge on any atom is 0.129 e. The van der Waals surface area contributed by atoms with Gasteiger partial charge in [-0.05, 0) is 79.9 Å². The van der Waals surface area contributed by atoms with E-state index >= 15 is 0 Å². The summed E-state index contributed by atoms with van der Waals surface area (Å²) >= 11 is 0. The van der Waals surface area contributed by atoms with Gasteiger partial charge in [-0.3, -0.25) is 0 Å². The summed E-state index contributed by atoms with van der Waals surface area (Å²) in [6.45, 7) is 3.60. The van der Waals surface area contributed by atoms with Crippen molar-refractivity contribution in [3.63, 3.8) is 0 Å². The molecule has 2 saturated carbocycles. The van der Waals surface area contributed by atoms with Crippen molar-refractivity contribution in [2.45, 2.75) is 77.4 Å². The van der Waals surface area contributed by atoms with E-state index in [1.807, 2.05) is 0 Å². The van der Waals surface area contributed by atoms with Crippen LogP contribution in [0.5, 0.6) is 5.75 Å². The third kappa shape index (κ3) is 5.06. The van der Waals surface area contributed by atoms with Gasteiger partial charge in [0.25, 0.3) is 0 Å². The van der Waals surface area contributed by atoms with Crippen LogP contribution in [0.3, 0.4) is 0 Å². The number of rotatable bonds is 7. The molecular formula is C24H38O3. The number of hydrogen-bond donors (Lipinski definition) is 0. The molecule has 0 unspecified atom stereocenters. The Balaban J connectivity index is 1.69. The zero-order valence-corrected chi connectivity index (χ0v) is 17.8. The first-order valence-electron chi connectivity index (χ1n) is 10.8. The van der Waals surface area contributed by atoms with Crippen LogP contribution in [0.15, 0.2) is 12.1 Å². The molecule has 27 heavy (non-hydrogen) atoms. The fourth-order valence-electron chi connectivity index (χ4n) is 5.49. The van der Waals surface area contributed by atoms with Crippen LogP contribution >= 0.6 is 0 Å². The Morgan fingerprint density at radius 3 is 1.67 bits per heavy atom. The van der Waals surface area contributed by atoms with Gasteiger partial charge in [0, 0.05) is 25.3 Å². The predicted molar refractivity (Wildman–Crippen MR) is 110 cm³/mol. The lowest BCUT2D eigenvalue weighted by molar-refractivity contribution is 0.164. The van der Waals surface area contributed by atoms with E-state index in [2.05, 4.69) is 19.1 Å². The lowest BCUT2D eigenvalue weighted by Crippen LogP contribution is -2.24. The number of benzene rings is 1. The number of methoxy groups -OCH3 is 3. The molecule has 2 aliphatic rings. The average Bonchev–Trinajstić information content (AvgIpc) is 2.69. The molecule has 0 aliphatic heterocycles. The molecule has 152 valence electrons. The summed E-state index contributed by atoms with van der Waals surface area (Å²) in [5, 5.41) is 0.